The van der Waals surface area contributed by atoms with Gasteiger partial charge in [-0.05, 0) is 44.7 Å². The van der Waals surface area contributed by atoms with Crippen LogP contribution in [-0.2, 0) is 4.74 Å². The highest BCUT2D eigenvalue weighted by molar-refractivity contribution is 5.98. The summed E-state index contributed by atoms with van der Waals surface area (Å²) in [5.41, 5.74) is 6.88. The monoisotopic (exact) mass is 292 g/mol. The first kappa shape index (κ1) is 15.6. The van der Waals surface area contributed by atoms with E-state index in [-0.39, 0.29) is 11.9 Å². The van der Waals surface area contributed by atoms with E-state index in [0.29, 0.717) is 29.5 Å². The van der Waals surface area contributed by atoms with E-state index in [1.807, 2.05) is 13.8 Å². The molecule has 1 atom stereocenters. The zero-order valence-electron chi connectivity index (χ0n) is 12.7. The second-order valence-corrected chi connectivity index (χ2v) is 5.37. The van der Waals surface area contributed by atoms with Crippen LogP contribution in [0, 0.1) is 5.92 Å². The van der Waals surface area contributed by atoms with Gasteiger partial charge in [0.2, 0.25) is 0 Å². The van der Waals surface area contributed by atoms with Crippen molar-refractivity contribution < 1.29 is 14.3 Å². The van der Waals surface area contributed by atoms with E-state index in [2.05, 4.69) is 5.32 Å². The second kappa shape index (κ2) is 7.31. The molecule has 0 saturated carbocycles. The van der Waals surface area contributed by atoms with Gasteiger partial charge in [-0.25, -0.2) is 0 Å². The zero-order chi connectivity index (χ0) is 15.2. The van der Waals surface area contributed by atoms with E-state index in [1.165, 1.54) is 0 Å². The lowest BCUT2D eigenvalue weighted by molar-refractivity contribution is 0.0538. The maximum atomic E-state index is 12.5. The molecule has 1 aliphatic heterocycles. The molecule has 5 heteroatoms. The largest absolute Gasteiger partial charge is 0.491 e. The Balaban J connectivity index is 2.07. The highest BCUT2D eigenvalue weighted by Gasteiger charge is 2.23. The lowest BCUT2D eigenvalue weighted by Crippen LogP contribution is -2.40. The predicted molar refractivity (Wildman–Crippen MR) is 82.5 cm³/mol. The fraction of sp³-hybridized carbons (Fsp3) is 0.562. The summed E-state index contributed by atoms with van der Waals surface area (Å²) >= 11 is 0. The fourth-order valence-electron chi connectivity index (χ4n) is 2.66. The minimum Gasteiger partial charge on any atom is -0.491 e. The summed E-state index contributed by atoms with van der Waals surface area (Å²) in [6, 6.07) is 5.36. The topological polar surface area (TPSA) is 73.6 Å². The van der Waals surface area contributed by atoms with Gasteiger partial charge < -0.3 is 20.5 Å². The average Bonchev–Trinajstić information content (AvgIpc) is 2.50. The predicted octanol–water partition coefficient (Wildman–Crippen LogP) is 2.21. The Kier molecular flexibility index (Phi) is 5.44. The molecule has 1 saturated heterocycles. The molecule has 0 aromatic heterocycles. The smallest absolute Gasteiger partial charge is 0.255 e. The molecule has 0 spiro atoms. The SMILES string of the molecule is CCOc1c(N)cccc1C(=O)NC(C)C1CCOCC1. The summed E-state index contributed by atoms with van der Waals surface area (Å²) in [5.74, 6) is 0.792. The Morgan fingerprint density at radius 3 is 2.86 bits per heavy atom. The van der Waals surface area contributed by atoms with E-state index in [0.717, 1.165) is 26.1 Å². The molecule has 0 radical (unpaired) electrons. The van der Waals surface area contributed by atoms with Gasteiger partial charge in [0.15, 0.2) is 5.75 Å². The van der Waals surface area contributed by atoms with E-state index >= 15 is 0 Å². The summed E-state index contributed by atoms with van der Waals surface area (Å²) in [7, 11) is 0. The Morgan fingerprint density at radius 1 is 1.48 bits per heavy atom. The first-order chi connectivity index (χ1) is 10.1. The average molecular weight is 292 g/mol. The standard InChI is InChI=1S/C16H24N2O3/c1-3-21-15-13(5-4-6-14(15)17)16(19)18-11(2)12-7-9-20-10-8-12/h4-6,11-12H,3,7-10,17H2,1-2H3,(H,18,19). The van der Waals surface area contributed by atoms with Crippen molar-refractivity contribution in [3.63, 3.8) is 0 Å². The third kappa shape index (κ3) is 3.88. The molecule has 1 aromatic rings. The van der Waals surface area contributed by atoms with E-state index in [1.54, 1.807) is 18.2 Å². The van der Waals surface area contributed by atoms with Gasteiger partial charge in [0.1, 0.15) is 0 Å². The van der Waals surface area contributed by atoms with Crippen molar-refractivity contribution in [2.45, 2.75) is 32.7 Å². The van der Waals surface area contributed by atoms with Gasteiger partial charge in [-0.3, -0.25) is 4.79 Å². The number of rotatable bonds is 5. The first-order valence-electron chi connectivity index (χ1n) is 7.53. The zero-order valence-corrected chi connectivity index (χ0v) is 12.7. The number of hydrogen-bond acceptors (Lipinski definition) is 4. The number of anilines is 1. The minimum atomic E-state index is -0.134. The number of ether oxygens (including phenoxy) is 2. The number of benzene rings is 1. The number of nitrogens with one attached hydrogen (secondary N) is 1. The van der Waals surface area contributed by atoms with Crippen LogP contribution in [0.25, 0.3) is 0 Å². The van der Waals surface area contributed by atoms with Crippen molar-refractivity contribution >= 4 is 11.6 Å². The highest BCUT2D eigenvalue weighted by Crippen LogP contribution is 2.27. The van der Waals surface area contributed by atoms with Crippen LogP contribution in [0.1, 0.15) is 37.0 Å². The summed E-state index contributed by atoms with van der Waals surface area (Å²) in [6.45, 7) is 5.93. The Bertz CT molecular complexity index is 484. The molecule has 116 valence electrons. The van der Waals surface area contributed by atoms with E-state index < -0.39 is 0 Å². The second-order valence-electron chi connectivity index (χ2n) is 5.37. The molecule has 1 heterocycles. The summed E-state index contributed by atoms with van der Waals surface area (Å²) in [4.78, 5) is 12.5. The highest BCUT2D eigenvalue weighted by atomic mass is 16.5. The van der Waals surface area contributed by atoms with Gasteiger partial charge in [0.25, 0.3) is 5.91 Å². The fourth-order valence-corrected chi connectivity index (χ4v) is 2.66. The molecule has 0 aliphatic carbocycles. The third-order valence-corrected chi connectivity index (χ3v) is 3.91. The number of carbonyl (C=O) groups is 1. The van der Waals surface area contributed by atoms with Crippen molar-refractivity contribution in [3.8, 4) is 5.75 Å². The number of carbonyl (C=O) groups excluding carboxylic acids is 1. The minimum absolute atomic E-state index is 0.109. The van der Waals surface area contributed by atoms with Crippen LogP contribution >= 0.6 is 0 Å². The van der Waals surface area contributed by atoms with Gasteiger partial charge in [0, 0.05) is 19.3 Å². The molecule has 1 amide bonds. The molecule has 3 N–H and O–H groups in total. The molecular weight excluding hydrogens is 268 g/mol. The molecule has 21 heavy (non-hydrogen) atoms. The van der Waals surface area contributed by atoms with Gasteiger partial charge in [-0.1, -0.05) is 6.07 Å². The van der Waals surface area contributed by atoms with Crippen LogP contribution in [0.2, 0.25) is 0 Å². The number of nitrogens with two attached hydrogens (primary N) is 1. The van der Waals surface area contributed by atoms with Crippen LogP contribution in [-0.4, -0.2) is 31.8 Å². The number of nitrogen functional groups attached to an aromatic ring is 1. The van der Waals surface area contributed by atoms with Crippen LogP contribution < -0.4 is 15.8 Å². The molecule has 1 fully saturated rings. The molecule has 1 aromatic carbocycles. The lowest BCUT2D eigenvalue weighted by atomic mass is 9.92. The van der Waals surface area contributed by atoms with Gasteiger partial charge >= 0.3 is 0 Å². The van der Waals surface area contributed by atoms with Gasteiger partial charge in [-0.15, -0.1) is 0 Å². The molecule has 1 aliphatic rings. The Labute approximate surface area is 125 Å². The van der Waals surface area contributed by atoms with Crippen LogP contribution in [0.5, 0.6) is 5.75 Å². The van der Waals surface area contributed by atoms with Crippen LogP contribution in [0.15, 0.2) is 18.2 Å². The lowest BCUT2D eigenvalue weighted by Gasteiger charge is -2.28. The van der Waals surface area contributed by atoms with Crippen molar-refractivity contribution in [2.75, 3.05) is 25.6 Å². The molecule has 1 unspecified atom stereocenters. The first-order valence-corrected chi connectivity index (χ1v) is 7.53. The molecule has 2 rings (SSSR count). The number of para-hydroxylation sites is 1. The van der Waals surface area contributed by atoms with Crippen LogP contribution in [0.3, 0.4) is 0 Å². The van der Waals surface area contributed by atoms with E-state index in [4.69, 9.17) is 15.2 Å². The normalized spacial score (nSPS) is 17.2. The van der Waals surface area contributed by atoms with Crippen molar-refractivity contribution in [1.29, 1.82) is 0 Å². The van der Waals surface area contributed by atoms with Gasteiger partial charge in [-0.2, -0.15) is 0 Å². The maximum absolute atomic E-state index is 12.5. The third-order valence-electron chi connectivity index (χ3n) is 3.91. The maximum Gasteiger partial charge on any atom is 0.255 e. The Hall–Kier alpha value is -1.75. The number of amides is 1. The summed E-state index contributed by atoms with van der Waals surface area (Å²) in [6.07, 6.45) is 1.97. The number of hydrogen-bond donors (Lipinski definition) is 2. The quantitative estimate of drug-likeness (QED) is 0.816. The Morgan fingerprint density at radius 2 is 2.19 bits per heavy atom. The molecule has 5 nitrogen and oxygen atoms in total. The van der Waals surface area contributed by atoms with Gasteiger partial charge in [0.05, 0.1) is 17.9 Å². The van der Waals surface area contributed by atoms with Crippen molar-refractivity contribution in [1.82, 2.24) is 5.32 Å². The molecular formula is C16H24N2O3. The summed E-state index contributed by atoms with van der Waals surface area (Å²) in [5, 5.41) is 3.06. The van der Waals surface area contributed by atoms with Crippen molar-refractivity contribution in [2.24, 2.45) is 5.92 Å². The van der Waals surface area contributed by atoms with Crippen LogP contribution in [0.4, 0.5) is 5.69 Å². The molecule has 0 bridgehead atoms. The van der Waals surface area contributed by atoms with E-state index in [9.17, 15) is 4.79 Å². The van der Waals surface area contributed by atoms with Crippen molar-refractivity contribution in [3.05, 3.63) is 23.8 Å². The summed E-state index contributed by atoms with van der Waals surface area (Å²) < 4.78 is 10.9.